The van der Waals surface area contributed by atoms with Crippen LogP contribution in [0.2, 0.25) is 0 Å². The second-order valence-corrected chi connectivity index (χ2v) is 8.78. The summed E-state index contributed by atoms with van der Waals surface area (Å²) in [6.45, 7) is 0.0701. The fourth-order valence-electron chi connectivity index (χ4n) is 3.43. The molecule has 0 aromatic heterocycles. The lowest BCUT2D eigenvalue weighted by Gasteiger charge is -2.22. The van der Waals surface area contributed by atoms with E-state index in [4.69, 9.17) is 9.47 Å². The average Bonchev–Trinajstić information content (AvgIpc) is 2.88. The Hall–Kier alpha value is -3.65. The van der Waals surface area contributed by atoms with E-state index in [1.807, 2.05) is 84.9 Å². The van der Waals surface area contributed by atoms with Crippen molar-refractivity contribution in [3.8, 4) is 0 Å². The van der Waals surface area contributed by atoms with Gasteiger partial charge in [-0.15, -0.1) is 0 Å². The van der Waals surface area contributed by atoms with Crippen LogP contribution < -0.4 is 10.6 Å². The van der Waals surface area contributed by atoms with Crippen molar-refractivity contribution in [3.63, 3.8) is 0 Å². The molecule has 3 aromatic carbocycles. The Labute approximate surface area is 213 Å². The Morgan fingerprint density at radius 3 is 1.89 bits per heavy atom. The smallest absolute Gasteiger partial charge is 0.408 e. The van der Waals surface area contributed by atoms with Crippen LogP contribution >= 0.6 is 15.9 Å². The highest BCUT2D eigenvalue weighted by atomic mass is 79.9. The maximum atomic E-state index is 13.2. The Balaban J connectivity index is 1.71. The lowest BCUT2D eigenvalue weighted by molar-refractivity contribution is -0.145. The maximum Gasteiger partial charge on any atom is 0.408 e. The van der Waals surface area contributed by atoms with E-state index < -0.39 is 30.1 Å². The summed E-state index contributed by atoms with van der Waals surface area (Å²) in [6, 6.07) is 24.1. The molecule has 8 heteroatoms. The van der Waals surface area contributed by atoms with Crippen LogP contribution in [0.5, 0.6) is 0 Å². The predicted octanol–water partition coefficient (Wildman–Crippen LogP) is 4.19. The van der Waals surface area contributed by atoms with Crippen molar-refractivity contribution in [2.75, 3.05) is 7.11 Å². The molecule has 7 nitrogen and oxygen atoms in total. The Kier molecular flexibility index (Phi) is 9.86. The van der Waals surface area contributed by atoms with Crippen LogP contribution in [-0.2, 0) is 38.5 Å². The van der Waals surface area contributed by atoms with Crippen LogP contribution in [0, 0.1) is 0 Å². The molecular weight excluding hydrogens is 512 g/mol. The highest BCUT2D eigenvalue weighted by Crippen LogP contribution is 2.13. The van der Waals surface area contributed by atoms with E-state index in [0.29, 0.717) is 0 Å². The summed E-state index contributed by atoms with van der Waals surface area (Å²) in [7, 11) is 1.27. The minimum atomic E-state index is -0.960. The predicted molar refractivity (Wildman–Crippen MR) is 135 cm³/mol. The van der Waals surface area contributed by atoms with E-state index in [0.717, 1.165) is 21.2 Å². The van der Waals surface area contributed by atoms with E-state index in [1.165, 1.54) is 7.11 Å². The van der Waals surface area contributed by atoms with Gasteiger partial charge in [0.2, 0.25) is 5.91 Å². The van der Waals surface area contributed by atoms with Gasteiger partial charge >= 0.3 is 12.1 Å². The minimum absolute atomic E-state index is 0.0701. The van der Waals surface area contributed by atoms with E-state index in [9.17, 15) is 14.4 Å². The number of ether oxygens (including phenoxy) is 2. The van der Waals surface area contributed by atoms with Crippen molar-refractivity contribution >= 4 is 33.9 Å². The second-order valence-electron chi connectivity index (χ2n) is 7.86. The third-order valence-electron chi connectivity index (χ3n) is 5.26. The number of carbonyl (C=O) groups excluding carboxylic acids is 3. The lowest BCUT2D eigenvalue weighted by atomic mass is 10.0. The third-order valence-corrected chi connectivity index (χ3v) is 5.79. The van der Waals surface area contributed by atoms with Gasteiger partial charge in [0.25, 0.3) is 0 Å². The molecule has 2 amide bonds. The summed E-state index contributed by atoms with van der Waals surface area (Å²) in [5.41, 5.74) is 2.52. The molecule has 0 fully saturated rings. The molecule has 0 saturated heterocycles. The fourth-order valence-corrected chi connectivity index (χ4v) is 3.69. The number of esters is 1. The topological polar surface area (TPSA) is 93.7 Å². The van der Waals surface area contributed by atoms with Gasteiger partial charge in [-0.25, -0.2) is 9.59 Å². The summed E-state index contributed by atoms with van der Waals surface area (Å²) in [4.78, 5) is 38.2. The zero-order valence-electron chi connectivity index (χ0n) is 19.3. The van der Waals surface area contributed by atoms with Crippen molar-refractivity contribution in [2.24, 2.45) is 0 Å². The van der Waals surface area contributed by atoms with Crippen molar-refractivity contribution in [1.29, 1.82) is 0 Å². The zero-order chi connectivity index (χ0) is 25.0. The van der Waals surface area contributed by atoms with Gasteiger partial charge in [-0.2, -0.15) is 0 Å². The summed E-state index contributed by atoms with van der Waals surface area (Å²) in [5, 5.41) is 5.37. The summed E-state index contributed by atoms with van der Waals surface area (Å²) >= 11 is 3.38. The molecule has 0 bridgehead atoms. The van der Waals surface area contributed by atoms with E-state index in [2.05, 4.69) is 26.6 Å². The summed E-state index contributed by atoms with van der Waals surface area (Å²) < 4.78 is 11.1. The van der Waals surface area contributed by atoms with Gasteiger partial charge < -0.3 is 20.1 Å². The number of hydrogen-bond acceptors (Lipinski definition) is 5. The van der Waals surface area contributed by atoms with E-state index >= 15 is 0 Å². The minimum Gasteiger partial charge on any atom is -0.467 e. The van der Waals surface area contributed by atoms with Crippen LogP contribution in [0.3, 0.4) is 0 Å². The molecule has 0 aliphatic carbocycles. The number of nitrogens with one attached hydrogen (secondary N) is 2. The second kappa shape index (κ2) is 13.3. The molecule has 3 rings (SSSR count). The van der Waals surface area contributed by atoms with Crippen molar-refractivity contribution in [2.45, 2.75) is 31.5 Å². The largest absolute Gasteiger partial charge is 0.467 e. The molecule has 0 heterocycles. The van der Waals surface area contributed by atoms with Gasteiger partial charge in [0, 0.05) is 17.3 Å². The molecule has 182 valence electrons. The van der Waals surface area contributed by atoms with Gasteiger partial charge in [0.15, 0.2) is 0 Å². The number of alkyl carbamates (subject to hydrolysis) is 1. The number of carbonyl (C=O) groups is 3. The van der Waals surface area contributed by atoms with Crippen LogP contribution in [-0.4, -0.2) is 37.2 Å². The van der Waals surface area contributed by atoms with Crippen LogP contribution in [0.15, 0.2) is 89.4 Å². The van der Waals surface area contributed by atoms with Crippen molar-refractivity contribution in [1.82, 2.24) is 10.6 Å². The first-order chi connectivity index (χ1) is 16.9. The van der Waals surface area contributed by atoms with Gasteiger partial charge in [-0.3, -0.25) is 4.79 Å². The van der Waals surface area contributed by atoms with Gasteiger partial charge in [-0.1, -0.05) is 88.7 Å². The first kappa shape index (κ1) is 26.0. The van der Waals surface area contributed by atoms with Gasteiger partial charge in [-0.05, 0) is 28.8 Å². The molecule has 0 aliphatic heterocycles. The fraction of sp³-hybridized carbons (Fsp3) is 0.222. The maximum absolute atomic E-state index is 13.2. The van der Waals surface area contributed by atoms with E-state index in [-0.39, 0.29) is 19.4 Å². The number of methoxy groups -OCH3 is 1. The average molecular weight is 539 g/mol. The van der Waals surface area contributed by atoms with Gasteiger partial charge in [0.05, 0.1) is 7.11 Å². The first-order valence-electron chi connectivity index (χ1n) is 11.1. The SMILES string of the molecule is COC(=O)[C@@H](Cc1ccc(Br)cc1)NC(=O)[C@H](Cc1ccccc1)NC(=O)OCc1ccccc1. The molecule has 0 saturated carbocycles. The quantitative estimate of drug-likeness (QED) is 0.377. The number of rotatable bonds is 10. The zero-order valence-corrected chi connectivity index (χ0v) is 20.9. The summed E-state index contributed by atoms with van der Waals surface area (Å²) in [5.74, 6) is -1.09. The molecular formula is C27H27BrN2O5. The first-order valence-corrected chi connectivity index (χ1v) is 11.9. The normalized spacial score (nSPS) is 12.2. The Bertz CT molecular complexity index is 1110. The number of halogens is 1. The molecule has 2 N–H and O–H groups in total. The van der Waals surface area contributed by atoms with Crippen LogP contribution in [0.1, 0.15) is 16.7 Å². The third kappa shape index (κ3) is 8.57. The lowest BCUT2D eigenvalue weighted by Crippen LogP contribution is -2.53. The van der Waals surface area contributed by atoms with Gasteiger partial charge in [0.1, 0.15) is 18.7 Å². The Morgan fingerprint density at radius 1 is 0.743 bits per heavy atom. The molecule has 2 atom stereocenters. The summed E-state index contributed by atoms with van der Waals surface area (Å²) in [6.07, 6.45) is -0.269. The molecule has 0 aliphatic rings. The number of hydrogen-bond donors (Lipinski definition) is 2. The van der Waals surface area contributed by atoms with Crippen molar-refractivity contribution < 1.29 is 23.9 Å². The molecule has 0 radical (unpaired) electrons. The number of benzene rings is 3. The Morgan fingerprint density at radius 2 is 1.29 bits per heavy atom. The molecule has 0 unspecified atom stereocenters. The van der Waals surface area contributed by atoms with Crippen LogP contribution in [0.4, 0.5) is 4.79 Å². The highest BCUT2D eigenvalue weighted by Gasteiger charge is 2.28. The molecule has 3 aromatic rings. The highest BCUT2D eigenvalue weighted by molar-refractivity contribution is 9.10. The van der Waals surface area contributed by atoms with E-state index in [1.54, 1.807) is 0 Å². The van der Waals surface area contributed by atoms with Crippen molar-refractivity contribution in [3.05, 3.63) is 106 Å². The standard InChI is InChI=1S/C27H27BrN2O5/c1-34-26(32)24(17-20-12-14-22(28)15-13-20)29-25(31)23(16-19-8-4-2-5-9-19)30-27(33)35-18-21-10-6-3-7-11-21/h2-15,23-24H,16-18H2,1H3,(H,29,31)(H,30,33)/t23-,24+/m0/s1. The number of amides is 2. The monoisotopic (exact) mass is 538 g/mol. The molecule has 0 spiro atoms. The molecule has 35 heavy (non-hydrogen) atoms. The van der Waals surface area contributed by atoms with Crippen LogP contribution in [0.25, 0.3) is 0 Å².